The van der Waals surface area contributed by atoms with E-state index >= 15 is 0 Å². The van der Waals surface area contributed by atoms with Crippen molar-refractivity contribution in [2.75, 3.05) is 29.9 Å². The van der Waals surface area contributed by atoms with Crippen LogP contribution in [0.5, 0.6) is 0 Å². The second-order valence-corrected chi connectivity index (χ2v) is 9.38. The summed E-state index contributed by atoms with van der Waals surface area (Å²) in [4.78, 5) is 30.4. The predicted molar refractivity (Wildman–Crippen MR) is 129 cm³/mol. The molecule has 1 fully saturated rings. The van der Waals surface area contributed by atoms with Crippen LogP contribution in [0.3, 0.4) is 0 Å². The monoisotopic (exact) mass is 454 g/mol. The van der Waals surface area contributed by atoms with Gasteiger partial charge in [-0.2, -0.15) is 0 Å². The Morgan fingerprint density at radius 1 is 1.06 bits per heavy atom. The number of hydrogen-bond acceptors (Lipinski definition) is 4. The number of nitrogens with zero attached hydrogens (tertiary/aromatic N) is 2. The topological polar surface area (TPSA) is 64.7 Å². The van der Waals surface area contributed by atoms with Crippen LogP contribution in [0, 0.1) is 0 Å². The van der Waals surface area contributed by atoms with Crippen molar-refractivity contribution in [3.8, 4) is 0 Å². The van der Waals surface area contributed by atoms with Gasteiger partial charge in [-0.25, -0.2) is 0 Å². The summed E-state index contributed by atoms with van der Waals surface area (Å²) in [5.74, 6) is -0.157. The molecule has 2 aliphatic heterocycles. The summed E-state index contributed by atoms with van der Waals surface area (Å²) in [6.45, 7) is 6.54. The Hall–Kier alpha value is -2.57. The van der Waals surface area contributed by atoms with Crippen LogP contribution in [0.15, 0.2) is 48.5 Å². The number of fused-ring (bicyclic) bond motifs is 1. The molecule has 0 saturated carbocycles. The zero-order valence-electron chi connectivity index (χ0n) is 18.7. The molecular formula is C25H31ClN4O2. The Kier molecular flexibility index (Phi) is 7.01. The molecule has 2 heterocycles. The van der Waals surface area contributed by atoms with Gasteiger partial charge in [0.2, 0.25) is 11.8 Å². The number of hydrogen-bond donors (Lipinski definition) is 2. The van der Waals surface area contributed by atoms with E-state index in [4.69, 9.17) is 11.6 Å². The summed E-state index contributed by atoms with van der Waals surface area (Å²) in [5.41, 5.74) is 2.74. The average Bonchev–Trinajstić information content (AvgIpc) is 3.14. The number of benzene rings is 2. The van der Waals surface area contributed by atoms with Gasteiger partial charge in [-0.15, -0.1) is 0 Å². The van der Waals surface area contributed by atoms with E-state index in [1.165, 1.54) is 0 Å². The maximum absolute atomic E-state index is 13.3. The van der Waals surface area contributed by atoms with Crippen molar-refractivity contribution in [3.63, 3.8) is 0 Å². The first kappa shape index (κ1) is 22.6. The fourth-order valence-electron chi connectivity index (χ4n) is 4.63. The van der Waals surface area contributed by atoms with Crippen LogP contribution < -0.4 is 15.5 Å². The molecule has 2 N–H and O–H groups in total. The number of halogens is 1. The maximum Gasteiger partial charge on any atom is 0.243 e. The third-order valence-electron chi connectivity index (χ3n) is 6.44. The van der Waals surface area contributed by atoms with Gasteiger partial charge in [0, 0.05) is 48.0 Å². The lowest BCUT2D eigenvalue weighted by atomic mass is 10.0. The zero-order chi connectivity index (χ0) is 22.7. The number of amides is 2. The fraction of sp³-hybridized carbons (Fsp3) is 0.440. The van der Waals surface area contributed by atoms with Gasteiger partial charge in [-0.1, -0.05) is 29.8 Å². The summed E-state index contributed by atoms with van der Waals surface area (Å²) in [5, 5.41) is 6.79. The summed E-state index contributed by atoms with van der Waals surface area (Å²) in [6, 6.07) is 15.3. The van der Waals surface area contributed by atoms with Crippen LogP contribution in [0.4, 0.5) is 11.4 Å². The number of carbonyl (C=O) groups is 2. The van der Waals surface area contributed by atoms with Crippen molar-refractivity contribution >= 4 is 34.8 Å². The van der Waals surface area contributed by atoms with Crippen LogP contribution in [-0.2, 0) is 16.0 Å². The Morgan fingerprint density at radius 3 is 2.44 bits per heavy atom. The molecule has 1 saturated heterocycles. The van der Waals surface area contributed by atoms with Gasteiger partial charge >= 0.3 is 0 Å². The lowest BCUT2D eigenvalue weighted by Crippen LogP contribution is -2.53. The third-order valence-corrected chi connectivity index (χ3v) is 6.69. The summed E-state index contributed by atoms with van der Waals surface area (Å²) in [7, 11) is 0. The Bertz CT molecular complexity index is 955. The lowest BCUT2D eigenvalue weighted by Gasteiger charge is -2.36. The summed E-state index contributed by atoms with van der Waals surface area (Å²) >= 11 is 5.93. The molecule has 2 amide bonds. The van der Waals surface area contributed by atoms with E-state index < -0.39 is 0 Å². The van der Waals surface area contributed by atoms with Crippen molar-refractivity contribution in [1.82, 2.24) is 10.2 Å². The van der Waals surface area contributed by atoms with Gasteiger partial charge in [-0.3, -0.25) is 9.59 Å². The summed E-state index contributed by atoms with van der Waals surface area (Å²) < 4.78 is 0. The lowest BCUT2D eigenvalue weighted by molar-refractivity contribution is -0.123. The fourth-order valence-corrected chi connectivity index (χ4v) is 4.75. The van der Waals surface area contributed by atoms with Gasteiger partial charge < -0.3 is 20.4 Å². The Labute approximate surface area is 194 Å². The zero-order valence-corrected chi connectivity index (χ0v) is 19.4. The highest BCUT2D eigenvalue weighted by molar-refractivity contribution is 6.30. The molecule has 1 atom stereocenters. The van der Waals surface area contributed by atoms with Crippen LogP contribution in [0.1, 0.15) is 32.3 Å². The molecule has 0 spiro atoms. The maximum atomic E-state index is 13.3. The highest BCUT2D eigenvalue weighted by Crippen LogP contribution is 2.32. The van der Waals surface area contributed by atoms with E-state index in [1.807, 2.05) is 29.2 Å². The van der Waals surface area contributed by atoms with Crippen molar-refractivity contribution < 1.29 is 9.59 Å². The van der Waals surface area contributed by atoms with Gasteiger partial charge in [0.1, 0.15) is 6.04 Å². The van der Waals surface area contributed by atoms with Crippen LogP contribution in [0.25, 0.3) is 0 Å². The molecular weight excluding hydrogens is 424 g/mol. The first-order valence-corrected chi connectivity index (χ1v) is 11.7. The summed E-state index contributed by atoms with van der Waals surface area (Å²) in [6.07, 6.45) is 2.53. The highest BCUT2D eigenvalue weighted by atomic mass is 35.5. The molecule has 32 heavy (non-hydrogen) atoms. The van der Waals surface area contributed by atoms with Crippen molar-refractivity contribution in [1.29, 1.82) is 0 Å². The molecule has 1 unspecified atom stereocenters. The minimum absolute atomic E-state index is 0.00323. The Balaban J connectivity index is 1.42. The number of para-hydroxylation sites is 1. The molecule has 7 heteroatoms. The van der Waals surface area contributed by atoms with E-state index in [2.05, 4.69) is 29.4 Å². The van der Waals surface area contributed by atoms with Crippen LogP contribution in [0.2, 0.25) is 5.02 Å². The second kappa shape index (κ2) is 9.92. The van der Waals surface area contributed by atoms with Gasteiger partial charge in [0.15, 0.2) is 0 Å². The molecule has 0 radical (unpaired) electrons. The molecule has 2 aromatic rings. The van der Waals surface area contributed by atoms with Crippen molar-refractivity contribution in [2.45, 2.75) is 51.2 Å². The van der Waals surface area contributed by atoms with E-state index in [-0.39, 0.29) is 30.4 Å². The van der Waals surface area contributed by atoms with E-state index in [1.54, 1.807) is 24.3 Å². The van der Waals surface area contributed by atoms with Gasteiger partial charge in [0.05, 0.1) is 6.54 Å². The third kappa shape index (κ3) is 5.25. The smallest absolute Gasteiger partial charge is 0.243 e. The number of carbonyl (C=O) groups excluding carboxylic acids is 2. The van der Waals surface area contributed by atoms with Crippen molar-refractivity contribution in [2.24, 2.45) is 0 Å². The molecule has 6 nitrogen and oxygen atoms in total. The van der Waals surface area contributed by atoms with Crippen molar-refractivity contribution in [3.05, 3.63) is 59.1 Å². The highest BCUT2D eigenvalue weighted by Gasteiger charge is 2.36. The van der Waals surface area contributed by atoms with Crippen LogP contribution in [-0.4, -0.2) is 54.5 Å². The number of likely N-dealkylation sites (tertiary alicyclic amines) is 1. The SMILES string of the molecule is CC(C)N1CCC(NC(=O)C2Cc3ccccc3N2CC(=O)Nc2ccc(Cl)cc2)CC1. The predicted octanol–water partition coefficient (Wildman–Crippen LogP) is 3.70. The van der Waals surface area contributed by atoms with Crippen LogP contribution >= 0.6 is 11.6 Å². The first-order chi connectivity index (χ1) is 15.4. The van der Waals surface area contributed by atoms with E-state index in [0.29, 0.717) is 23.2 Å². The second-order valence-electron chi connectivity index (χ2n) is 8.94. The largest absolute Gasteiger partial charge is 0.351 e. The molecule has 0 aliphatic carbocycles. The minimum atomic E-state index is -0.383. The Morgan fingerprint density at radius 2 is 1.75 bits per heavy atom. The molecule has 0 bridgehead atoms. The normalized spacial score (nSPS) is 19.1. The number of rotatable bonds is 6. The minimum Gasteiger partial charge on any atom is -0.351 e. The standard InChI is InChI=1S/C25H31ClN4O2/c1-17(2)29-13-11-21(12-14-29)28-25(32)23-15-18-5-3-4-6-22(18)30(23)16-24(31)27-20-9-7-19(26)8-10-20/h3-10,17,21,23H,11-16H2,1-2H3,(H,27,31)(H,28,32). The molecule has 170 valence electrons. The van der Waals surface area contributed by atoms with E-state index in [9.17, 15) is 9.59 Å². The first-order valence-electron chi connectivity index (χ1n) is 11.3. The quantitative estimate of drug-likeness (QED) is 0.698. The van der Waals surface area contributed by atoms with Gasteiger partial charge in [-0.05, 0) is 62.6 Å². The molecule has 0 aromatic heterocycles. The molecule has 2 aromatic carbocycles. The number of anilines is 2. The molecule has 4 rings (SSSR count). The molecule has 2 aliphatic rings. The number of nitrogens with one attached hydrogen (secondary N) is 2. The van der Waals surface area contributed by atoms with E-state index in [0.717, 1.165) is 37.2 Å². The average molecular weight is 455 g/mol. The van der Waals surface area contributed by atoms with Gasteiger partial charge in [0.25, 0.3) is 0 Å². The number of piperidine rings is 1.